The predicted octanol–water partition coefficient (Wildman–Crippen LogP) is 3.75. The van der Waals surface area contributed by atoms with Crippen molar-refractivity contribution in [1.29, 1.82) is 0 Å². The molecule has 1 aromatic carbocycles. The second-order valence-electron chi connectivity index (χ2n) is 7.91. The summed E-state index contributed by atoms with van der Waals surface area (Å²) in [5, 5.41) is 0. The molecule has 0 N–H and O–H groups in total. The molecule has 0 saturated carbocycles. The highest BCUT2D eigenvalue weighted by Gasteiger charge is 2.58. The molecule has 0 unspecified atom stereocenters. The molecule has 0 aliphatic carbocycles. The zero-order valence-corrected chi connectivity index (χ0v) is 17.7. The summed E-state index contributed by atoms with van der Waals surface area (Å²) in [7, 11) is 0. The van der Waals surface area contributed by atoms with Crippen LogP contribution >= 0.6 is 0 Å². The number of benzene rings is 1. The van der Waals surface area contributed by atoms with E-state index in [0.29, 0.717) is 61.1 Å². The molecule has 0 amide bonds. The number of alkyl halides is 5. The van der Waals surface area contributed by atoms with Crippen molar-refractivity contribution in [3.05, 3.63) is 45.6 Å². The number of aryl methyl sites for hydroxylation is 1. The third kappa shape index (κ3) is 4.84. The molecule has 1 fully saturated rings. The Morgan fingerprint density at radius 3 is 2.61 bits per heavy atom. The van der Waals surface area contributed by atoms with Crippen LogP contribution in [0.25, 0.3) is 11.3 Å². The molecule has 0 bridgehead atoms. The average Bonchev–Trinajstić information content (AvgIpc) is 2.78. The molecule has 4 rings (SSSR count). The molecular formula is C22H22F5NO5. The third-order valence-corrected chi connectivity index (χ3v) is 5.59. The maximum Gasteiger partial charge on any atom is 0.456 e. The molecule has 0 radical (unpaired) electrons. The van der Waals surface area contributed by atoms with E-state index < -0.39 is 18.7 Å². The fourth-order valence-corrected chi connectivity index (χ4v) is 3.81. The molecule has 2 aromatic rings. The molecule has 6 nitrogen and oxygen atoms in total. The van der Waals surface area contributed by atoms with E-state index in [1.807, 2.05) is 4.57 Å². The zero-order chi connectivity index (χ0) is 23.8. The van der Waals surface area contributed by atoms with Crippen LogP contribution in [0.3, 0.4) is 0 Å². The van der Waals surface area contributed by atoms with Crippen LogP contribution in [0.2, 0.25) is 0 Å². The number of halogens is 5. The van der Waals surface area contributed by atoms with E-state index in [1.54, 1.807) is 13.0 Å². The summed E-state index contributed by atoms with van der Waals surface area (Å²) >= 11 is 0. The van der Waals surface area contributed by atoms with E-state index in [0.717, 1.165) is 0 Å². The van der Waals surface area contributed by atoms with Crippen LogP contribution in [0.4, 0.5) is 22.0 Å². The Kier molecular flexibility index (Phi) is 6.37. The highest BCUT2D eigenvalue weighted by Crippen LogP contribution is 2.38. The fourth-order valence-electron chi connectivity index (χ4n) is 3.81. The Hall–Kier alpha value is -2.66. The number of rotatable bonds is 6. The Bertz CT molecular complexity index is 1080. The molecular weight excluding hydrogens is 453 g/mol. The largest absolute Gasteiger partial charge is 0.487 e. The second-order valence-corrected chi connectivity index (χ2v) is 7.91. The van der Waals surface area contributed by atoms with E-state index in [9.17, 15) is 26.7 Å². The monoisotopic (exact) mass is 475 g/mol. The van der Waals surface area contributed by atoms with Crippen LogP contribution in [0, 0.1) is 6.92 Å². The summed E-state index contributed by atoms with van der Waals surface area (Å²) in [4.78, 5) is 12.6. The Balaban J connectivity index is 1.58. The van der Waals surface area contributed by atoms with Crippen molar-refractivity contribution in [2.75, 3.05) is 33.0 Å². The van der Waals surface area contributed by atoms with E-state index in [1.165, 1.54) is 18.2 Å². The first-order chi connectivity index (χ1) is 15.6. The minimum Gasteiger partial charge on any atom is -0.487 e. The van der Waals surface area contributed by atoms with Gasteiger partial charge in [0.1, 0.15) is 18.5 Å². The van der Waals surface area contributed by atoms with Crippen LogP contribution in [0.1, 0.15) is 11.1 Å². The average molecular weight is 475 g/mol. The van der Waals surface area contributed by atoms with Crippen molar-refractivity contribution in [2.45, 2.75) is 38.1 Å². The van der Waals surface area contributed by atoms with Gasteiger partial charge in [-0.25, -0.2) is 0 Å². The van der Waals surface area contributed by atoms with Crippen molar-refractivity contribution in [2.24, 2.45) is 0 Å². The first-order valence-electron chi connectivity index (χ1n) is 10.3. The van der Waals surface area contributed by atoms with E-state index in [4.69, 9.17) is 18.9 Å². The van der Waals surface area contributed by atoms with Crippen molar-refractivity contribution in [3.8, 4) is 22.9 Å². The van der Waals surface area contributed by atoms with E-state index >= 15 is 0 Å². The van der Waals surface area contributed by atoms with E-state index in [2.05, 4.69) is 0 Å². The molecule has 0 spiro atoms. The van der Waals surface area contributed by atoms with Gasteiger partial charge in [0, 0.05) is 23.7 Å². The lowest BCUT2D eigenvalue weighted by molar-refractivity contribution is -0.290. The van der Waals surface area contributed by atoms with Crippen molar-refractivity contribution in [1.82, 2.24) is 4.57 Å². The third-order valence-electron chi connectivity index (χ3n) is 5.59. The van der Waals surface area contributed by atoms with Gasteiger partial charge in [-0.1, -0.05) is 0 Å². The molecule has 3 heterocycles. The molecule has 180 valence electrons. The maximum absolute atomic E-state index is 13.2. The quantitative estimate of drug-likeness (QED) is 0.596. The number of nitrogens with zero attached hydrogens (tertiary/aromatic N) is 1. The standard InChI is InChI=1S/C22H22F5NO5/c1-13-18(29)9-19(32-11-16-10-30-6-7-31-16)28-5-4-14-8-15(2-3-17(14)20(13)28)33-12-21(23,24)22(25,26)27/h2-3,8-9,16H,4-7,10-12H2,1H3/t16-/m0/s1. The van der Waals surface area contributed by atoms with Crippen molar-refractivity contribution in [3.63, 3.8) is 0 Å². The first kappa shape index (κ1) is 23.5. The van der Waals surface area contributed by atoms with Gasteiger partial charge in [0.2, 0.25) is 0 Å². The van der Waals surface area contributed by atoms with Crippen LogP contribution in [0.5, 0.6) is 11.6 Å². The number of ether oxygens (including phenoxy) is 4. The lowest BCUT2D eigenvalue weighted by Gasteiger charge is -2.28. The lowest BCUT2D eigenvalue weighted by Crippen LogP contribution is -2.41. The van der Waals surface area contributed by atoms with Gasteiger partial charge in [0.05, 0.1) is 25.5 Å². The molecule has 2 aliphatic rings. The van der Waals surface area contributed by atoms with Gasteiger partial charge in [-0.15, -0.1) is 0 Å². The van der Waals surface area contributed by atoms with Gasteiger partial charge >= 0.3 is 12.1 Å². The normalized spacial score (nSPS) is 18.4. The smallest absolute Gasteiger partial charge is 0.456 e. The van der Waals surface area contributed by atoms with Crippen LogP contribution < -0.4 is 14.9 Å². The topological polar surface area (TPSA) is 58.9 Å². The number of pyridine rings is 1. The van der Waals surface area contributed by atoms with Gasteiger partial charge in [0.25, 0.3) is 0 Å². The SMILES string of the molecule is Cc1c2n(c(OC[C@@H]3COCCO3)cc1=O)CCc1cc(OCC(F)(F)C(F)(F)F)ccc1-2. The zero-order valence-electron chi connectivity index (χ0n) is 17.7. The molecule has 33 heavy (non-hydrogen) atoms. The Morgan fingerprint density at radius 1 is 1.12 bits per heavy atom. The Labute approximate surface area is 185 Å². The van der Waals surface area contributed by atoms with E-state index in [-0.39, 0.29) is 23.9 Å². The molecule has 1 saturated heterocycles. The summed E-state index contributed by atoms with van der Waals surface area (Å²) in [5.74, 6) is -4.70. The molecule has 1 aromatic heterocycles. The highest BCUT2D eigenvalue weighted by molar-refractivity contribution is 5.70. The summed E-state index contributed by atoms with van der Waals surface area (Å²) in [5.41, 5.74) is 2.17. The maximum atomic E-state index is 13.2. The van der Waals surface area contributed by atoms with Gasteiger partial charge in [0.15, 0.2) is 17.9 Å². The van der Waals surface area contributed by atoms with Crippen LogP contribution in [-0.2, 0) is 22.4 Å². The summed E-state index contributed by atoms with van der Waals surface area (Å²) in [6.45, 7) is 1.85. The van der Waals surface area contributed by atoms with Crippen molar-refractivity contribution < 1.29 is 40.9 Å². The lowest BCUT2D eigenvalue weighted by atomic mass is 9.94. The minimum atomic E-state index is -5.69. The molecule has 2 aliphatic heterocycles. The summed E-state index contributed by atoms with van der Waals surface area (Å²) in [6.07, 6.45) is -5.50. The predicted molar refractivity (Wildman–Crippen MR) is 107 cm³/mol. The Morgan fingerprint density at radius 2 is 1.91 bits per heavy atom. The number of hydrogen-bond acceptors (Lipinski definition) is 5. The summed E-state index contributed by atoms with van der Waals surface area (Å²) in [6, 6.07) is 5.70. The minimum absolute atomic E-state index is 0.104. The van der Waals surface area contributed by atoms with Crippen LogP contribution in [0.15, 0.2) is 29.1 Å². The molecule has 1 atom stereocenters. The highest BCUT2D eigenvalue weighted by atomic mass is 19.4. The molecule has 11 heteroatoms. The van der Waals surface area contributed by atoms with Gasteiger partial charge in [-0.05, 0) is 37.1 Å². The van der Waals surface area contributed by atoms with Crippen LogP contribution in [-0.4, -0.2) is 55.8 Å². The summed E-state index contributed by atoms with van der Waals surface area (Å²) < 4.78 is 86.9. The number of fused-ring (bicyclic) bond motifs is 3. The van der Waals surface area contributed by atoms with Gasteiger partial charge in [-0.3, -0.25) is 4.79 Å². The number of aromatic nitrogens is 1. The fraction of sp³-hybridized carbons (Fsp3) is 0.500. The second kappa shape index (κ2) is 8.94. The number of hydrogen-bond donors (Lipinski definition) is 0. The van der Waals surface area contributed by atoms with Crippen molar-refractivity contribution >= 4 is 0 Å². The van der Waals surface area contributed by atoms with Gasteiger partial charge < -0.3 is 23.5 Å². The van der Waals surface area contributed by atoms with Gasteiger partial charge in [-0.2, -0.15) is 22.0 Å². The first-order valence-corrected chi connectivity index (χ1v) is 10.3.